The highest BCUT2D eigenvalue weighted by Gasteiger charge is 1.86. The van der Waals surface area contributed by atoms with Crippen molar-refractivity contribution in [1.29, 1.82) is 10.5 Å². The summed E-state index contributed by atoms with van der Waals surface area (Å²) in [4.78, 5) is 0. The van der Waals surface area contributed by atoms with E-state index in [0.29, 0.717) is 0 Å². The Bertz CT molecular complexity index is 584. The maximum atomic E-state index is 8.41. The predicted molar refractivity (Wildman–Crippen MR) is 71.8 cm³/mol. The summed E-state index contributed by atoms with van der Waals surface area (Å²) in [5.74, 6) is 0. The molecular formula is C16H14N2. The molecule has 0 heterocycles. The molecule has 2 heteroatoms. The van der Waals surface area contributed by atoms with Crippen LogP contribution in [0.3, 0.4) is 0 Å². The van der Waals surface area contributed by atoms with Crippen LogP contribution in [0.1, 0.15) is 22.3 Å². The number of hydrogen-bond donors (Lipinski definition) is 0. The third kappa shape index (κ3) is 4.51. The van der Waals surface area contributed by atoms with E-state index in [1.165, 1.54) is 5.56 Å². The first-order valence-corrected chi connectivity index (χ1v) is 5.59. The second-order valence-corrected chi connectivity index (χ2v) is 3.96. The largest absolute Gasteiger partial charge is 0.192 e. The first-order valence-electron chi connectivity index (χ1n) is 5.59. The first kappa shape index (κ1) is 13.5. The van der Waals surface area contributed by atoms with Gasteiger partial charge in [0.25, 0.3) is 0 Å². The molecule has 88 valence electrons. The summed E-state index contributed by atoms with van der Waals surface area (Å²) in [6.45, 7) is 3.97. The number of nitriles is 2. The number of aryl methyl sites for hydroxylation is 2. The third-order valence-electron chi connectivity index (χ3n) is 2.33. The van der Waals surface area contributed by atoms with Gasteiger partial charge < -0.3 is 0 Å². The van der Waals surface area contributed by atoms with E-state index in [2.05, 4.69) is 12.1 Å². The lowest BCUT2D eigenvalue weighted by molar-refractivity contribution is 1.42. The highest BCUT2D eigenvalue weighted by molar-refractivity contribution is 5.32. The van der Waals surface area contributed by atoms with Crippen LogP contribution >= 0.6 is 0 Å². The number of hydrogen-bond acceptors (Lipinski definition) is 2. The van der Waals surface area contributed by atoms with E-state index in [1.807, 2.05) is 56.3 Å². The second-order valence-electron chi connectivity index (χ2n) is 3.96. The molecule has 2 rings (SSSR count). The number of benzene rings is 2. The van der Waals surface area contributed by atoms with Crippen molar-refractivity contribution in [2.75, 3.05) is 0 Å². The van der Waals surface area contributed by atoms with E-state index in [0.717, 1.165) is 16.7 Å². The highest BCUT2D eigenvalue weighted by Crippen LogP contribution is 2.01. The molecular weight excluding hydrogens is 220 g/mol. The zero-order valence-corrected chi connectivity index (χ0v) is 10.5. The van der Waals surface area contributed by atoms with E-state index in [-0.39, 0.29) is 0 Å². The van der Waals surface area contributed by atoms with Gasteiger partial charge in [-0.05, 0) is 43.7 Å². The molecule has 0 aromatic heterocycles. The number of nitrogens with zero attached hydrogens (tertiary/aromatic N) is 2. The van der Waals surface area contributed by atoms with Crippen molar-refractivity contribution in [3.05, 3.63) is 70.8 Å². The van der Waals surface area contributed by atoms with Gasteiger partial charge in [0.2, 0.25) is 0 Å². The van der Waals surface area contributed by atoms with Gasteiger partial charge in [0.15, 0.2) is 0 Å². The van der Waals surface area contributed by atoms with Crippen molar-refractivity contribution < 1.29 is 0 Å². The summed E-state index contributed by atoms with van der Waals surface area (Å²) in [5, 5.41) is 16.8. The smallest absolute Gasteiger partial charge is 0.0991 e. The lowest BCUT2D eigenvalue weighted by Crippen LogP contribution is -1.73. The minimum Gasteiger partial charge on any atom is -0.192 e. The van der Waals surface area contributed by atoms with Crippen molar-refractivity contribution in [2.24, 2.45) is 0 Å². The van der Waals surface area contributed by atoms with Crippen LogP contribution in [0.15, 0.2) is 48.5 Å². The van der Waals surface area contributed by atoms with E-state index in [1.54, 1.807) is 6.07 Å². The van der Waals surface area contributed by atoms with E-state index >= 15 is 0 Å². The Morgan fingerprint density at radius 2 is 1.33 bits per heavy atom. The molecule has 0 radical (unpaired) electrons. The van der Waals surface area contributed by atoms with Crippen molar-refractivity contribution >= 4 is 0 Å². The minimum atomic E-state index is 0.723. The quantitative estimate of drug-likeness (QED) is 0.697. The molecule has 18 heavy (non-hydrogen) atoms. The molecule has 0 aliphatic carbocycles. The Kier molecular flexibility index (Phi) is 5.16. The Balaban J connectivity index is 0.000000180. The molecule has 0 saturated heterocycles. The van der Waals surface area contributed by atoms with Crippen molar-refractivity contribution in [1.82, 2.24) is 0 Å². The topological polar surface area (TPSA) is 47.6 Å². The van der Waals surface area contributed by atoms with Crippen LogP contribution in [-0.2, 0) is 0 Å². The van der Waals surface area contributed by atoms with Crippen LogP contribution in [0.4, 0.5) is 0 Å². The third-order valence-corrected chi connectivity index (χ3v) is 2.33. The fourth-order valence-electron chi connectivity index (χ4n) is 1.34. The molecule has 0 fully saturated rings. The average molecular weight is 234 g/mol. The summed E-state index contributed by atoms with van der Waals surface area (Å²) >= 11 is 0. The fraction of sp³-hybridized carbons (Fsp3) is 0.125. The molecule has 0 saturated carbocycles. The molecule has 0 spiro atoms. The predicted octanol–water partition coefficient (Wildman–Crippen LogP) is 3.73. The number of rotatable bonds is 0. The van der Waals surface area contributed by atoms with Gasteiger partial charge in [-0.1, -0.05) is 29.8 Å². The van der Waals surface area contributed by atoms with E-state index < -0.39 is 0 Å². The Morgan fingerprint density at radius 1 is 0.722 bits per heavy atom. The maximum absolute atomic E-state index is 8.41. The van der Waals surface area contributed by atoms with Crippen LogP contribution in [0.5, 0.6) is 0 Å². The molecule has 0 atom stereocenters. The summed E-state index contributed by atoms with van der Waals surface area (Å²) in [6.07, 6.45) is 0. The summed E-state index contributed by atoms with van der Waals surface area (Å²) in [6, 6.07) is 19.1. The van der Waals surface area contributed by atoms with Crippen LogP contribution < -0.4 is 0 Å². The molecule has 0 unspecified atom stereocenters. The van der Waals surface area contributed by atoms with Crippen LogP contribution in [0.25, 0.3) is 0 Å². The van der Waals surface area contributed by atoms with Gasteiger partial charge in [-0.25, -0.2) is 0 Å². The minimum absolute atomic E-state index is 0.723. The van der Waals surface area contributed by atoms with Crippen LogP contribution in [-0.4, -0.2) is 0 Å². The average Bonchev–Trinajstić information content (AvgIpc) is 2.40. The monoisotopic (exact) mass is 234 g/mol. The molecule has 2 aromatic rings. The van der Waals surface area contributed by atoms with Gasteiger partial charge in [-0.3, -0.25) is 0 Å². The summed E-state index contributed by atoms with van der Waals surface area (Å²) in [5.41, 5.74) is 3.78. The zero-order chi connectivity index (χ0) is 13.4. The van der Waals surface area contributed by atoms with Gasteiger partial charge in [0, 0.05) is 0 Å². The normalized spacial score (nSPS) is 8.44. The van der Waals surface area contributed by atoms with E-state index in [9.17, 15) is 0 Å². The van der Waals surface area contributed by atoms with Gasteiger partial charge >= 0.3 is 0 Å². The Labute approximate surface area is 108 Å². The van der Waals surface area contributed by atoms with Crippen molar-refractivity contribution in [3.8, 4) is 12.1 Å². The molecule has 0 bridgehead atoms. The lowest BCUT2D eigenvalue weighted by atomic mass is 10.2. The van der Waals surface area contributed by atoms with Gasteiger partial charge in [-0.15, -0.1) is 0 Å². The van der Waals surface area contributed by atoms with Gasteiger partial charge in [0.05, 0.1) is 23.3 Å². The fourth-order valence-corrected chi connectivity index (χ4v) is 1.34. The standard InChI is InChI=1S/2C8H7N/c1-7-2-4-8(6-9)5-3-7;1-7-3-2-4-8(5-7)6-9/h2*2-5H,1H3. The van der Waals surface area contributed by atoms with Crippen LogP contribution in [0.2, 0.25) is 0 Å². The van der Waals surface area contributed by atoms with Gasteiger partial charge in [-0.2, -0.15) is 10.5 Å². The van der Waals surface area contributed by atoms with Crippen molar-refractivity contribution in [2.45, 2.75) is 13.8 Å². The highest BCUT2D eigenvalue weighted by atomic mass is 14.2. The first-order chi connectivity index (χ1) is 8.65. The van der Waals surface area contributed by atoms with Crippen molar-refractivity contribution in [3.63, 3.8) is 0 Å². The van der Waals surface area contributed by atoms with Crippen LogP contribution in [0, 0.1) is 36.5 Å². The van der Waals surface area contributed by atoms with E-state index in [4.69, 9.17) is 10.5 Å². The maximum Gasteiger partial charge on any atom is 0.0991 e. The molecule has 2 nitrogen and oxygen atoms in total. The lowest BCUT2D eigenvalue weighted by Gasteiger charge is -1.88. The molecule has 0 aliphatic rings. The Hall–Kier alpha value is -2.58. The SMILES string of the molecule is Cc1ccc(C#N)cc1.Cc1cccc(C#N)c1. The Morgan fingerprint density at radius 3 is 1.78 bits per heavy atom. The molecule has 0 aliphatic heterocycles. The molecule has 0 N–H and O–H groups in total. The summed E-state index contributed by atoms with van der Waals surface area (Å²) in [7, 11) is 0. The second kappa shape index (κ2) is 6.89. The van der Waals surface area contributed by atoms with Gasteiger partial charge in [0.1, 0.15) is 0 Å². The zero-order valence-electron chi connectivity index (χ0n) is 10.5. The summed E-state index contributed by atoms with van der Waals surface area (Å²) < 4.78 is 0. The molecule has 2 aromatic carbocycles. The molecule has 0 amide bonds.